The molecule has 0 spiro atoms. The van der Waals surface area contributed by atoms with Gasteiger partial charge in [-0.25, -0.2) is 4.79 Å². The molecule has 2 aromatic rings. The van der Waals surface area contributed by atoms with Crippen molar-refractivity contribution in [2.24, 2.45) is 17.2 Å². The maximum absolute atomic E-state index is 13.3. The molecule has 40 heavy (non-hydrogen) atoms. The van der Waals surface area contributed by atoms with Crippen molar-refractivity contribution >= 4 is 46.4 Å². The van der Waals surface area contributed by atoms with Crippen LogP contribution in [0.25, 0.3) is 10.9 Å². The number of aromatic nitrogens is 1. The number of H-pyrrole nitrogens is 1. The average molecular weight is 558 g/mol. The third-order valence-electron chi connectivity index (χ3n) is 6.88. The van der Waals surface area contributed by atoms with Crippen molar-refractivity contribution < 1.29 is 33.9 Å². The predicted octanol–water partition coefficient (Wildman–Crippen LogP) is -1.39. The fraction of sp³-hybridized carbons (Fsp3) is 0.462. The monoisotopic (exact) mass is 557 g/mol. The van der Waals surface area contributed by atoms with Crippen molar-refractivity contribution in [2.45, 2.75) is 69.1 Å². The Labute approximate surface area is 230 Å². The molecule has 14 heteroatoms. The Morgan fingerprint density at radius 1 is 1.00 bits per heavy atom. The van der Waals surface area contributed by atoms with E-state index in [0.29, 0.717) is 19.4 Å². The van der Waals surface area contributed by atoms with E-state index in [1.54, 1.807) is 6.20 Å². The Morgan fingerprint density at radius 2 is 1.65 bits per heavy atom. The van der Waals surface area contributed by atoms with E-state index < -0.39 is 59.7 Å². The van der Waals surface area contributed by atoms with Gasteiger partial charge in [-0.3, -0.25) is 24.0 Å². The minimum absolute atomic E-state index is 0.199. The van der Waals surface area contributed by atoms with Crippen molar-refractivity contribution in [3.05, 3.63) is 36.0 Å². The second kappa shape index (κ2) is 13.6. The molecule has 4 atom stereocenters. The molecule has 3 rings (SSSR count). The molecule has 1 fully saturated rings. The van der Waals surface area contributed by atoms with E-state index in [1.807, 2.05) is 24.3 Å². The summed E-state index contributed by atoms with van der Waals surface area (Å²) < 4.78 is 0. The van der Waals surface area contributed by atoms with E-state index in [4.69, 9.17) is 17.2 Å². The molecular weight excluding hydrogens is 522 g/mol. The molecule has 0 aliphatic carbocycles. The predicted molar refractivity (Wildman–Crippen MR) is 143 cm³/mol. The zero-order valence-electron chi connectivity index (χ0n) is 21.9. The van der Waals surface area contributed by atoms with Gasteiger partial charge in [0.2, 0.25) is 29.5 Å². The summed E-state index contributed by atoms with van der Waals surface area (Å²) in [6.45, 7) is 0.296. The van der Waals surface area contributed by atoms with Gasteiger partial charge in [0, 0.05) is 36.5 Å². The van der Waals surface area contributed by atoms with Crippen LogP contribution in [0, 0.1) is 0 Å². The minimum Gasteiger partial charge on any atom is -0.480 e. The van der Waals surface area contributed by atoms with E-state index >= 15 is 0 Å². The Kier molecular flexibility index (Phi) is 10.2. The number of hydrogen-bond donors (Lipinski definition) is 7. The molecule has 10 N–H and O–H groups in total. The molecule has 5 amide bonds. The van der Waals surface area contributed by atoms with Gasteiger partial charge in [-0.1, -0.05) is 18.2 Å². The number of carboxylic acids is 1. The van der Waals surface area contributed by atoms with E-state index in [9.17, 15) is 33.9 Å². The molecule has 2 heterocycles. The van der Waals surface area contributed by atoms with Gasteiger partial charge in [0.05, 0.1) is 6.04 Å². The van der Waals surface area contributed by atoms with Crippen LogP contribution in [0.3, 0.4) is 0 Å². The number of primary amides is 2. The van der Waals surface area contributed by atoms with Gasteiger partial charge in [-0.05, 0) is 43.7 Å². The van der Waals surface area contributed by atoms with Gasteiger partial charge in [0.15, 0.2) is 0 Å². The highest BCUT2D eigenvalue weighted by atomic mass is 16.4. The quantitative estimate of drug-likeness (QED) is 0.145. The van der Waals surface area contributed by atoms with Crippen LogP contribution in [0.1, 0.15) is 44.1 Å². The normalized spacial score (nSPS) is 17.1. The summed E-state index contributed by atoms with van der Waals surface area (Å²) in [5, 5.41) is 15.1. The molecule has 14 nitrogen and oxygen atoms in total. The zero-order valence-corrected chi connectivity index (χ0v) is 21.9. The first kappa shape index (κ1) is 30.1. The number of likely N-dealkylation sites (tertiary alicyclic amines) is 1. The summed E-state index contributed by atoms with van der Waals surface area (Å²) in [7, 11) is 0. The van der Waals surface area contributed by atoms with Gasteiger partial charge in [-0.15, -0.1) is 0 Å². The molecule has 0 saturated carbocycles. The van der Waals surface area contributed by atoms with Crippen molar-refractivity contribution in [3.63, 3.8) is 0 Å². The fourth-order valence-electron chi connectivity index (χ4n) is 4.78. The van der Waals surface area contributed by atoms with Crippen LogP contribution in [0.5, 0.6) is 0 Å². The number of para-hydroxylation sites is 1. The molecule has 1 aromatic heterocycles. The van der Waals surface area contributed by atoms with Crippen LogP contribution < -0.4 is 27.8 Å². The number of carbonyl (C=O) groups is 6. The largest absolute Gasteiger partial charge is 0.480 e. The smallest absolute Gasteiger partial charge is 0.326 e. The lowest BCUT2D eigenvalue weighted by atomic mass is 10.0. The van der Waals surface area contributed by atoms with Crippen LogP contribution >= 0.6 is 0 Å². The van der Waals surface area contributed by atoms with Crippen molar-refractivity contribution in [1.82, 2.24) is 20.5 Å². The van der Waals surface area contributed by atoms with Crippen LogP contribution in [0.15, 0.2) is 30.5 Å². The van der Waals surface area contributed by atoms with Crippen molar-refractivity contribution in [2.75, 3.05) is 6.54 Å². The Balaban J connectivity index is 1.68. The lowest BCUT2D eigenvalue weighted by Crippen LogP contribution is -2.57. The maximum atomic E-state index is 13.3. The highest BCUT2D eigenvalue weighted by Gasteiger charge is 2.38. The van der Waals surface area contributed by atoms with Crippen LogP contribution in [0.4, 0.5) is 0 Å². The number of nitrogens with two attached hydrogens (primary N) is 3. The number of amides is 5. The number of nitrogens with zero attached hydrogens (tertiary/aromatic N) is 1. The first-order valence-electron chi connectivity index (χ1n) is 13.0. The lowest BCUT2D eigenvalue weighted by Gasteiger charge is -2.28. The average Bonchev–Trinajstić information content (AvgIpc) is 3.55. The number of hydrogen-bond acceptors (Lipinski definition) is 7. The van der Waals surface area contributed by atoms with Crippen LogP contribution in [-0.2, 0) is 35.2 Å². The SMILES string of the molecule is NC(=O)CCC(NC(=O)C(CCC(N)=O)NC(=O)C1CCCN1C(=O)C(N)Cc1c[nH]c2ccccc12)C(=O)O. The third-order valence-corrected chi connectivity index (χ3v) is 6.88. The van der Waals surface area contributed by atoms with E-state index in [1.165, 1.54) is 4.90 Å². The zero-order chi connectivity index (χ0) is 29.4. The standard InChI is InChI=1S/C26H35N7O7/c27-16(12-14-13-30-17-5-2-1-4-15(14)17)25(38)33-11-3-6-20(33)24(37)31-18(7-9-21(28)34)23(36)32-19(26(39)40)8-10-22(29)35/h1-2,4-5,13,16,18-20,30H,3,6-12,27H2,(H2,28,34)(H2,29,35)(H,31,37)(H,32,36)(H,39,40). The van der Waals surface area contributed by atoms with Gasteiger partial charge in [0.25, 0.3) is 0 Å². The first-order valence-corrected chi connectivity index (χ1v) is 13.0. The van der Waals surface area contributed by atoms with Gasteiger partial charge >= 0.3 is 5.97 Å². The molecule has 4 unspecified atom stereocenters. The number of benzene rings is 1. The van der Waals surface area contributed by atoms with Gasteiger partial charge < -0.3 is 42.8 Å². The second-order valence-corrected chi connectivity index (χ2v) is 9.83. The number of fused-ring (bicyclic) bond motifs is 1. The van der Waals surface area contributed by atoms with Gasteiger partial charge in [0.1, 0.15) is 18.1 Å². The second-order valence-electron chi connectivity index (χ2n) is 9.83. The minimum atomic E-state index is -1.44. The number of nitrogens with one attached hydrogen (secondary N) is 3. The summed E-state index contributed by atoms with van der Waals surface area (Å²) in [6, 6.07) is 3.03. The molecule has 1 saturated heterocycles. The van der Waals surface area contributed by atoms with Crippen molar-refractivity contribution in [1.29, 1.82) is 0 Å². The highest BCUT2D eigenvalue weighted by molar-refractivity contribution is 5.95. The number of carbonyl (C=O) groups excluding carboxylic acids is 5. The molecular formula is C26H35N7O7. The topological polar surface area (TPSA) is 244 Å². The van der Waals surface area contributed by atoms with Gasteiger partial charge in [-0.2, -0.15) is 0 Å². The number of aliphatic carboxylic acids is 1. The Bertz CT molecular complexity index is 1280. The van der Waals surface area contributed by atoms with E-state index in [0.717, 1.165) is 16.5 Å². The maximum Gasteiger partial charge on any atom is 0.326 e. The number of carboxylic acid groups (broad SMARTS) is 1. The van der Waals surface area contributed by atoms with Crippen LogP contribution in [0.2, 0.25) is 0 Å². The Hall–Kier alpha value is -4.46. The molecule has 0 bridgehead atoms. The molecule has 1 aliphatic heterocycles. The third kappa shape index (κ3) is 7.79. The summed E-state index contributed by atoms with van der Waals surface area (Å²) in [5.41, 5.74) is 18.3. The molecule has 0 radical (unpaired) electrons. The highest BCUT2D eigenvalue weighted by Crippen LogP contribution is 2.22. The summed E-state index contributed by atoms with van der Waals surface area (Å²) in [5.74, 6) is -4.80. The fourth-order valence-corrected chi connectivity index (χ4v) is 4.78. The lowest BCUT2D eigenvalue weighted by molar-refractivity contribution is -0.143. The molecule has 1 aromatic carbocycles. The van der Waals surface area contributed by atoms with Crippen LogP contribution in [-0.4, -0.2) is 81.2 Å². The van der Waals surface area contributed by atoms with E-state index in [-0.39, 0.29) is 32.1 Å². The number of rotatable bonds is 14. The molecule has 1 aliphatic rings. The van der Waals surface area contributed by atoms with Crippen molar-refractivity contribution in [3.8, 4) is 0 Å². The summed E-state index contributed by atoms with van der Waals surface area (Å²) in [4.78, 5) is 77.9. The number of aromatic amines is 1. The first-order chi connectivity index (χ1) is 19.0. The van der Waals surface area contributed by atoms with E-state index in [2.05, 4.69) is 15.6 Å². The summed E-state index contributed by atoms with van der Waals surface area (Å²) >= 11 is 0. The Morgan fingerprint density at radius 3 is 2.30 bits per heavy atom. The summed E-state index contributed by atoms with van der Waals surface area (Å²) in [6.07, 6.45) is 1.91. The molecule has 216 valence electrons.